The zero-order chi connectivity index (χ0) is 8.58. The Morgan fingerprint density at radius 1 is 0.818 bits per heavy atom. The summed E-state index contributed by atoms with van der Waals surface area (Å²) in [6, 6.07) is 0. The van der Waals surface area contributed by atoms with E-state index in [2.05, 4.69) is 39.3 Å². The number of hydrogen-bond acceptors (Lipinski definition) is 2. The van der Waals surface area contributed by atoms with Crippen LogP contribution in [0.25, 0.3) is 0 Å². The van der Waals surface area contributed by atoms with Crippen molar-refractivity contribution in [2.24, 2.45) is 0 Å². The van der Waals surface area contributed by atoms with Crippen LogP contribution in [0.1, 0.15) is 0 Å². The van der Waals surface area contributed by atoms with Crippen molar-refractivity contribution < 1.29 is 5.21 Å². The molecule has 2 nitrogen and oxygen atoms in total. The summed E-state index contributed by atoms with van der Waals surface area (Å²) >= 11 is 0. The molecule has 0 fully saturated rings. The Kier molecular flexibility index (Phi) is 5.61. The minimum Gasteiger partial charge on any atom is -0.328 e. The Morgan fingerprint density at radius 3 is 1.00 bits per heavy atom. The third-order valence-corrected chi connectivity index (χ3v) is 7.84. The molecular formula is C6H19LiNOSi2. The van der Waals surface area contributed by atoms with Crippen LogP contribution in [-0.4, -0.2) is 44.9 Å². The van der Waals surface area contributed by atoms with Gasteiger partial charge in [0.1, 0.15) is 16.5 Å². The molecular weight excluding hydrogens is 165 g/mol. The Bertz CT molecular complexity index is 105. The van der Waals surface area contributed by atoms with E-state index >= 15 is 0 Å². The number of nitrogens with zero attached hydrogens (tertiary/aromatic N) is 1. The van der Waals surface area contributed by atoms with Gasteiger partial charge in [0, 0.05) is 18.9 Å². The fraction of sp³-hybridized carbons (Fsp3) is 1.00. The zero-order valence-electron chi connectivity index (χ0n) is 8.89. The van der Waals surface area contributed by atoms with E-state index in [1.807, 2.05) is 0 Å². The van der Waals surface area contributed by atoms with E-state index in [0.29, 0.717) is 0 Å². The van der Waals surface area contributed by atoms with Crippen LogP contribution in [0.2, 0.25) is 39.3 Å². The number of rotatable bonds is 2. The van der Waals surface area contributed by atoms with Crippen molar-refractivity contribution >= 4 is 35.3 Å². The molecule has 0 amide bonds. The Balaban J connectivity index is 0. The van der Waals surface area contributed by atoms with Crippen LogP contribution < -0.4 is 0 Å². The van der Waals surface area contributed by atoms with E-state index in [1.165, 1.54) is 0 Å². The van der Waals surface area contributed by atoms with Crippen molar-refractivity contribution in [3.63, 3.8) is 0 Å². The summed E-state index contributed by atoms with van der Waals surface area (Å²) < 4.78 is 1.65. The Hall–Kier alpha value is 0.951. The molecule has 0 aliphatic rings. The van der Waals surface area contributed by atoms with Gasteiger partial charge in [-0.05, 0) is 0 Å². The maximum Gasteiger partial charge on any atom is 0.141 e. The summed E-state index contributed by atoms with van der Waals surface area (Å²) in [5.41, 5.74) is 0. The molecule has 0 aliphatic heterocycles. The van der Waals surface area contributed by atoms with E-state index in [0.717, 1.165) is 0 Å². The first-order chi connectivity index (χ1) is 4.15. The Labute approximate surface area is 84.3 Å². The van der Waals surface area contributed by atoms with Gasteiger partial charge in [0.15, 0.2) is 0 Å². The van der Waals surface area contributed by atoms with E-state index in [1.54, 1.807) is 4.39 Å². The minimum atomic E-state index is -1.45. The van der Waals surface area contributed by atoms with Crippen LogP contribution in [-0.2, 0) is 0 Å². The van der Waals surface area contributed by atoms with Crippen molar-refractivity contribution in [3.05, 3.63) is 0 Å². The third kappa shape index (κ3) is 5.23. The maximum atomic E-state index is 9.68. The molecule has 11 heavy (non-hydrogen) atoms. The molecule has 0 aromatic carbocycles. The first-order valence-corrected chi connectivity index (χ1v) is 10.5. The van der Waals surface area contributed by atoms with Crippen LogP contribution >= 0.6 is 0 Å². The summed E-state index contributed by atoms with van der Waals surface area (Å²) in [4.78, 5) is 0. The van der Waals surface area contributed by atoms with Crippen molar-refractivity contribution in [1.29, 1.82) is 0 Å². The van der Waals surface area contributed by atoms with Gasteiger partial charge in [0.2, 0.25) is 0 Å². The summed E-state index contributed by atoms with van der Waals surface area (Å²) in [6.07, 6.45) is 0. The van der Waals surface area contributed by atoms with Gasteiger partial charge in [-0.15, -0.1) is 0 Å². The predicted molar refractivity (Wildman–Crippen MR) is 56.1 cm³/mol. The molecule has 0 bridgehead atoms. The summed E-state index contributed by atoms with van der Waals surface area (Å²) in [7, 11) is -2.89. The molecule has 0 saturated carbocycles. The first-order valence-electron chi connectivity index (χ1n) is 3.65. The van der Waals surface area contributed by atoms with Crippen molar-refractivity contribution in [2.75, 3.05) is 0 Å². The second kappa shape index (κ2) is 4.26. The average Bonchev–Trinajstić information content (AvgIpc) is 1.59. The molecule has 63 valence electrons. The minimum absolute atomic E-state index is 0. The van der Waals surface area contributed by atoms with Gasteiger partial charge in [-0.1, -0.05) is 39.3 Å². The molecule has 1 N–H and O–H groups in total. The Morgan fingerprint density at radius 2 is 1.00 bits per heavy atom. The molecule has 0 heterocycles. The molecule has 1 radical (unpaired) electrons. The molecule has 0 atom stereocenters. The molecule has 0 aliphatic carbocycles. The van der Waals surface area contributed by atoms with E-state index in [4.69, 9.17) is 0 Å². The van der Waals surface area contributed by atoms with Gasteiger partial charge < -0.3 is 5.21 Å². The monoisotopic (exact) mass is 184 g/mol. The molecule has 0 unspecified atom stereocenters. The SMILES string of the molecule is C[Si](C)(C)N(O)[Si](C)(C)C.[Li]. The largest absolute Gasteiger partial charge is 0.328 e. The second-order valence-corrected chi connectivity index (χ2v) is 14.6. The van der Waals surface area contributed by atoms with Crippen LogP contribution in [0.4, 0.5) is 0 Å². The molecule has 5 heteroatoms. The van der Waals surface area contributed by atoms with Crippen LogP contribution in [0, 0.1) is 0 Å². The van der Waals surface area contributed by atoms with Crippen LogP contribution in [0.3, 0.4) is 0 Å². The molecule has 0 spiro atoms. The van der Waals surface area contributed by atoms with E-state index in [-0.39, 0.29) is 18.9 Å². The van der Waals surface area contributed by atoms with Gasteiger partial charge >= 0.3 is 0 Å². The van der Waals surface area contributed by atoms with Crippen molar-refractivity contribution in [1.82, 2.24) is 4.39 Å². The smallest absolute Gasteiger partial charge is 0.141 e. The molecule has 0 saturated heterocycles. The molecule has 0 aromatic rings. The van der Waals surface area contributed by atoms with Crippen LogP contribution in [0.5, 0.6) is 0 Å². The van der Waals surface area contributed by atoms with Gasteiger partial charge in [-0.3, -0.25) is 0 Å². The quantitative estimate of drug-likeness (QED) is 0.524. The second-order valence-electron chi connectivity index (χ2n) is 4.65. The topological polar surface area (TPSA) is 23.5 Å². The van der Waals surface area contributed by atoms with Gasteiger partial charge in [0.05, 0.1) is 0 Å². The average molecular weight is 184 g/mol. The van der Waals surface area contributed by atoms with Crippen molar-refractivity contribution in [3.8, 4) is 0 Å². The molecule has 0 rings (SSSR count). The fourth-order valence-corrected chi connectivity index (χ4v) is 9.06. The van der Waals surface area contributed by atoms with Gasteiger partial charge in [-0.2, -0.15) is 0 Å². The van der Waals surface area contributed by atoms with E-state index < -0.39 is 16.5 Å². The predicted octanol–water partition coefficient (Wildman–Crippen LogP) is 1.97. The van der Waals surface area contributed by atoms with Gasteiger partial charge in [-0.25, -0.2) is 4.39 Å². The third-order valence-electron chi connectivity index (χ3n) is 1.27. The van der Waals surface area contributed by atoms with Crippen LogP contribution in [0.15, 0.2) is 0 Å². The zero-order valence-corrected chi connectivity index (χ0v) is 10.9. The summed E-state index contributed by atoms with van der Waals surface area (Å²) in [5.74, 6) is 0. The first kappa shape index (κ1) is 14.5. The number of hydrogen-bond donors (Lipinski definition) is 1. The maximum absolute atomic E-state index is 9.68. The fourth-order valence-electron chi connectivity index (χ4n) is 1.01. The molecule has 0 aromatic heterocycles. The standard InChI is InChI=1S/C6H19NOSi2.Li/c1-9(2,3)7(8)10(4,5)6;/h8H,1-6H3;. The summed E-state index contributed by atoms with van der Waals surface area (Å²) in [5, 5.41) is 9.68. The normalized spacial score (nSPS) is 13.1. The van der Waals surface area contributed by atoms with Crippen molar-refractivity contribution in [2.45, 2.75) is 39.3 Å². The summed E-state index contributed by atoms with van der Waals surface area (Å²) in [6.45, 7) is 12.9. The van der Waals surface area contributed by atoms with E-state index in [9.17, 15) is 5.21 Å². The van der Waals surface area contributed by atoms with Gasteiger partial charge in [0.25, 0.3) is 0 Å².